The molecule has 0 spiro atoms. The van der Waals surface area contributed by atoms with Crippen molar-refractivity contribution in [2.45, 2.75) is 30.2 Å². The van der Waals surface area contributed by atoms with E-state index in [1.54, 1.807) is 0 Å². The van der Waals surface area contributed by atoms with Crippen LogP contribution in [0, 0.1) is 22.0 Å². The number of nitro benzene ring substituents is 1. The third-order valence-corrected chi connectivity index (χ3v) is 6.32. The lowest BCUT2D eigenvalue weighted by atomic mass is 9.98. The molecule has 0 aromatic heterocycles. The van der Waals surface area contributed by atoms with Crippen molar-refractivity contribution in [3.8, 4) is 0 Å². The summed E-state index contributed by atoms with van der Waals surface area (Å²) in [5, 5.41) is 19.0. The molecule has 3 rings (SSSR count). The summed E-state index contributed by atoms with van der Waals surface area (Å²) in [6.07, 6.45) is 2.25. The zero-order chi connectivity index (χ0) is 19.8. The van der Waals surface area contributed by atoms with Gasteiger partial charge in [0.25, 0.3) is 5.69 Å². The van der Waals surface area contributed by atoms with Crippen LogP contribution in [0.4, 0.5) is 11.4 Å². The number of rotatable bonds is 6. The summed E-state index contributed by atoms with van der Waals surface area (Å²) < 4.78 is 22.7. The Hall–Kier alpha value is -1.95. The van der Waals surface area contributed by atoms with Crippen molar-refractivity contribution in [2.75, 3.05) is 25.0 Å². The van der Waals surface area contributed by atoms with Gasteiger partial charge in [-0.3, -0.25) is 14.9 Å². The topological polar surface area (TPSA) is 162 Å². The number of likely N-dealkylation sites (tertiary alicyclic amines) is 1. The first-order valence-corrected chi connectivity index (χ1v) is 10.3. The lowest BCUT2D eigenvalue weighted by Gasteiger charge is -2.19. The number of nitrogens with zero attached hydrogens (tertiary/aromatic N) is 2. The van der Waals surface area contributed by atoms with E-state index in [9.17, 15) is 23.3 Å². The van der Waals surface area contributed by atoms with Crippen LogP contribution in [0.15, 0.2) is 23.1 Å². The van der Waals surface area contributed by atoms with Gasteiger partial charge in [-0.15, -0.1) is 12.4 Å². The van der Waals surface area contributed by atoms with Gasteiger partial charge in [0.15, 0.2) is 0 Å². The van der Waals surface area contributed by atoms with E-state index in [-0.39, 0.29) is 47.9 Å². The van der Waals surface area contributed by atoms with Gasteiger partial charge >= 0.3 is 0 Å². The largest absolute Gasteiger partial charge is 0.379 e. The highest BCUT2D eigenvalue weighted by Crippen LogP contribution is 2.37. The minimum absolute atomic E-state index is 0. The molecule has 1 saturated heterocycles. The number of halogens is 1. The van der Waals surface area contributed by atoms with Crippen molar-refractivity contribution >= 4 is 39.7 Å². The van der Waals surface area contributed by atoms with E-state index in [0.29, 0.717) is 18.4 Å². The molecule has 0 radical (unpaired) electrons. The number of carbonyl (C=O) groups is 1. The van der Waals surface area contributed by atoms with Crippen LogP contribution < -0.4 is 16.2 Å². The molecule has 10 nitrogen and oxygen atoms in total. The summed E-state index contributed by atoms with van der Waals surface area (Å²) in [7, 11) is -4.04. The second-order valence-electron chi connectivity index (χ2n) is 7.12. The van der Waals surface area contributed by atoms with Gasteiger partial charge in [-0.25, -0.2) is 13.6 Å². The number of nitro groups is 1. The molecule has 3 atom stereocenters. The number of nitrogens with one attached hydrogen (secondary N) is 1. The van der Waals surface area contributed by atoms with Gasteiger partial charge in [0.2, 0.25) is 15.9 Å². The van der Waals surface area contributed by atoms with Crippen LogP contribution >= 0.6 is 12.4 Å². The van der Waals surface area contributed by atoms with E-state index in [2.05, 4.69) is 5.32 Å². The summed E-state index contributed by atoms with van der Waals surface area (Å²) >= 11 is 0. The Balaban J connectivity index is 0.00000280. The van der Waals surface area contributed by atoms with E-state index >= 15 is 0 Å². The predicted octanol–water partition coefficient (Wildman–Crippen LogP) is 0.662. The summed E-state index contributed by atoms with van der Waals surface area (Å²) in [6.45, 7) is 1.60. The molecule has 1 saturated carbocycles. The van der Waals surface area contributed by atoms with Gasteiger partial charge in [0, 0.05) is 38.2 Å². The van der Waals surface area contributed by atoms with Crippen molar-refractivity contribution in [1.29, 1.82) is 0 Å². The van der Waals surface area contributed by atoms with E-state index in [0.717, 1.165) is 25.5 Å². The Morgan fingerprint density at radius 3 is 2.64 bits per heavy atom. The lowest BCUT2D eigenvalue weighted by molar-refractivity contribution is -0.384. The second kappa shape index (κ2) is 8.60. The number of hydrogen-bond acceptors (Lipinski definition) is 7. The van der Waals surface area contributed by atoms with Crippen molar-refractivity contribution in [1.82, 2.24) is 4.90 Å². The number of amides is 1. The molecule has 1 heterocycles. The van der Waals surface area contributed by atoms with Crippen LogP contribution in [-0.2, 0) is 14.8 Å². The number of fused-ring (bicyclic) bond motifs is 1. The number of carbonyl (C=O) groups excluding carboxylic acids is 1. The molecule has 1 amide bonds. The standard InChI is InChI=1S/C16H23N5O5S.ClH/c17-13-3-1-10-8-20(9-12(10)13)16(22)5-6-19-14-4-2-11(27(18,25)26)7-15(14)21(23)24;/h2,4,7,10,12-13,19H,1,3,5-6,8-9,17H2,(H2,18,25,26);1H. The highest BCUT2D eigenvalue weighted by Gasteiger charge is 2.42. The average Bonchev–Trinajstić information content (AvgIpc) is 3.16. The van der Waals surface area contributed by atoms with Crippen molar-refractivity contribution < 1.29 is 18.1 Å². The van der Waals surface area contributed by atoms with Gasteiger partial charge in [0.1, 0.15) is 5.69 Å². The first kappa shape index (κ1) is 22.3. The molecule has 12 heteroatoms. The van der Waals surface area contributed by atoms with Crippen LogP contribution in [0.5, 0.6) is 0 Å². The number of benzene rings is 1. The fourth-order valence-corrected chi connectivity index (χ4v) is 4.50. The van der Waals surface area contributed by atoms with E-state index in [4.69, 9.17) is 10.9 Å². The van der Waals surface area contributed by atoms with E-state index < -0.39 is 20.6 Å². The number of hydrogen-bond donors (Lipinski definition) is 3. The maximum atomic E-state index is 12.4. The third kappa shape index (κ3) is 4.72. The van der Waals surface area contributed by atoms with Crippen LogP contribution in [-0.4, -0.2) is 49.8 Å². The Kier molecular flexibility index (Phi) is 6.86. The van der Waals surface area contributed by atoms with Crippen LogP contribution in [0.2, 0.25) is 0 Å². The first-order valence-electron chi connectivity index (χ1n) is 8.75. The van der Waals surface area contributed by atoms with Crippen LogP contribution in [0.25, 0.3) is 0 Å². The van der Waals surface area contributed by atoms with Gasteiger partial charge in [-0.05, 0) is 36.8 Å². The molecule has 2 fully saturated rings. The second-order valence-corrected chi connectivity index (χ2v) is 8.68. The maximum Gasteiger partial charge on any atom is 0.293 e. The molecule has 0 bridgehead atoms. The smallest absolute Gasteiger partial charge is 0.293 e. The van der Waals surface area contributed by atoms with Gasteiger partial charge in [-0.1, -0.05) is 0 Å². The zero-order valence-electron chi connectivity index (χ0n) is 15.1. The molecule has 1 aliphatic carbocycles. The Morgan fingerprint density at radius 1 is 1.32 bits per heavy atom. The summed E-state index contributed by atoms with van der Waals surface area (Å²) in [4.78, 5) is 24.4. The Labute approximate surface area is 169 Å². The molecular formula is C16H24ClN5O5S. The summed E-state index contributed by atoms with van der Waals surface area (Å²) in [5.41, 5.74) is 5.81. The van der Waals surface area contributed by atoms with E-state index in [1.807, 2.05) is 4.90 Å². The first-order chi connectivity index (χ1) is 12.7. The van der Waals surface area contributed by atoms with Crippen molar-refractivity contribution in [3.05, 3.63) is 28.3 Å². The molecule has 3 unspecified atom stereocenters. The fourth-order valence-electron chi connectivity index (χ4n) is 3.96. The number of sulfonamides is 1. The summed E-state index contributed by atoms with van der Waals surface area (Å²) in [6, 6.07) is 3.53. The molecule has 1 aromatic carbocycles. The normalized spacial score (nSPS) is 23.8. The van der Waals surface area contributed by atoms with Gasteiger partial charge < -0.3 is 16.0 Å². The predicted molar refractivity (Wildman–Crippen MR) is 106 cm³/mol. The highest BCUT2D eigenvalue weighted by atomic mass is 35.5. The quantitative estimate of drug-likeness (QED) is 0.438. The molecule has 2 aliphatic rings. The van der Waals surface area contributed by atoms with Crippen molar-refractivity contribution in [2.24, 2.45) is 22.7 Å². The van der Waals surface area contributed by atoms with Crippen molar-refractivity contribution in [3.63, 3.8) is 0 Å². The molecular weight excluding hydrogens is 410 g/mol. The maximum absolute atomic E-state index is 12.4. The molecule has 28 heavy (non-hydrogen) atoms. The zero-order valence-corrected chi connectivity index (χ0v) is 16.7. The Bertz CT molecular complexity index is 865. The SMILES string of the molecule is Cl.NC1CCC2CN(C(=O)CCNc3ccc(S(N)(=O)=O)cc3[N+](=O)[O-])CC12. The van der Waals surface area contributed by atoms with Crippen LogP contribution in [0.3, 0.4) is 0 Å². The molecule has 1 aliphatic heterocycles. The van der Waals surface area contributed by atoms with Crippen LogP contribution in [0.1, 0.15) is 19.3 Å². The number of nitrogens with two attached hydrogens (primary N) is 2. The minimum Gasteiger partial charge on any atom is -0.379 e. The fraction of sp³-hybridized carbons (Fsp3) is 0.562. The van der Waals surface area contributed by atoms with E-state index in [1.165, 1.54) is 12.1 Å². The highest BCUT2D eigenvalue weighted by molar-refractivity contribution is 7.89. The molecule has 1 aromatic rings. The Morgan fingerprint density at radius 2 is 2.04 bits per heavy atom. The lowest BCUT2D eigenvalue weighted by Crippen LogP contribution is -2.34. The number of anilines is 1. The average molecular weight is 434 g/mol. The minimum atomic E-state index is -4.04. The van der Waals surface area contributed by atoms with Gasteiger partial charge in [-0.2, -0.15) is 0 Å². The third-order valence-electron chi connectivity index (χ3n) is 5.41. The molecule has 156 valence electrons. The molecule has 5 N–H and O–H groups in total. The monoisotopic (exact) mass is 433 g/mol. The number of primary sulfonamides is 1. The summed E-state index contributed by atoms with van der Waals surface area (Å²) in [5.74, 6) is 0.824. The van der Waals surface area contributed by atoms with Gasteiger partial charge in [0.05, 0.1) is 9.82 Å².